The summed E-state index contributed by atoms with van der Waals surface area (Å²) in [7, 11) is -2.80. The zero-order valence-electron chi connectivity index (χ0n) is 31.3. The molecular weight excluding hydrogens is 714 g/mol. The first-order chi connectivity index (χ1) is 25.0. The number of unbranched alkanes of at least 4 members (excludes halogenated alkanes) is 4. The second-order valence-electron chi connectivity index (χ2n) is 15.2. The van der Waals surface area contributed by atoms with Crippen LogP contribution in [0.2, 0.25) is 0 Å². The fourth-order valence-electron chi connectivity index (χ4n) is 7.13. The highest BCUT2D eigenvalue weighted by molar-refractivity contribution is 8.01. The molecule has 0 unspecified atom stereocenters. The fourth-order valence-corrected chi connectivity index (χ4v) is 7.77. The summed E-state index contributed by atoms with van der Waals surface area (Å²) >= 11 is 7.10. The normalized spacial score (nSPS) is 21.0. The van der Waals surface area contributed by atoms with Gasteiger partial charge in [-0.15, -0.1) is 0 Å². The van der Waals surface area contributed by atoms with Crippen molar-refractivity contribution in [2.45, 2.75) is 91.0 Å². The van der Waals surface area contributed by atoms with Crippen molar-refractivity contribution < 1.29 is 32.2 Å². The van der Waals surface area contributed by atoms with Crippen LogP contribution in [0.5, 0.6) is 0 Å². The molecule has 1 aromatic heterocycles. The van der Waals surface area contributed by atoms with Crippen molar-refractivity contribution in [2.24, 2.45) is 15.4 Å². The molecule has 0 aliphatic carbocycles. The molecule has 4 aliphatic rings. The third-order valence-electron chi connectivity index (χ3n) is 10.3. The smallest absolute Gasteiger partial charge is 0.327 e. The molecule has 4 aliphatic heterocycles. The lowest BCUT2D eigenvalue weighted by Crippen LogP contribution is -2.34. The minimum absolute atomic E-state index is 0.195. The van der Waals surface area contributed by atoms with Crippen molar-refractivity contribution in [1.29, 1.82) is 0 Å². The summed E-state index contributed by atoms with van der Waals surface area (Å²) in [6.45, 7) is 11.5. The molecule has 5 heterocycles. The molecule has 0 amide bonds. The number of aliphatic carboxylic acids is 1. The van der Waals surface area contributed by atoms with Crippen molar-refractivity contribution in [3.8, 4) is 0 Å². The van der Waals surface area contributed by atoms with Crippen molar-refractivity contribution in [3.63, 3.8) is 0 Å². The molecule has 284 valence electrons. The number of hydrogen-bond donors (Lipinski definition) is 1. The first-order valence-corrected chi connectivity index (χ1v) is 20.0. The molecule has 11 nitrogen and oxygen atoms in total. The number of pyridine rings is 1. The van der Waals surface area contributed by atoms with Gasteiger partial charge in [-0.25, -0.2) is 18.0 Å². The molecule has 5 rings (SSSR count). The number of hydrogen-bond acceptors (Lipinski definition) is 9. The number of halogens is 1. The van der Waals surface area contributed by atoms with E-state index in [0.29, 0.717) is 50.3 Å². The van der Waals surface area contributed by atoms with Crippen molar-refractivity contribution >= 4 is 50.2 Å². The average molecular weight is 764 g/mol. The molecule has 1 aromatic rings. The van der Waals surface area contributed by atoms with Gasteiger partial charge >= 0.3 is 11.8 Å². The number of aromatic nitrogens is 1. The molecular formula is C40H50ClN5O6S. The Morgan fingerprint density at radius 1 is 1.00 bits per heavy atom. The number of rotatable bonds is 15. The van der Waals surface area contributed by atoms with Gasteiger partial charge in [0.15, 0.2) is 15.8 Å². The first kappa shape index (κ1) is 40.2. The molecule has 0 radical (unpaired) electrons. The Morgan fingerprint density at radius 2 is 1.74 bits per heavy atom. The lowest BCUT2D eigenvalue weighted by atomic mass is 9.81. The van der Waals surface area contributed by atoms with Gasteiger partial charge < -0.3 is 14.6 Å². The van der Waals surface area contributed by atoms with Gasteiger partial charge in [-0.2, -0.15) is 0 Å². The number of amidine groups is 1. The number of carboxylic acids is 1. The SMILES string of the molecule is CN1CC(/C=C/C2=Nc3c(ccc[n+]3CCCCCC(=O)S(=O)(=O)[O-])C2(C)C)=C(Cl)C(=C/C=C2/N=C3C(=CC=CN3CCCCCC(=O)O)C2(C)C)/C1. The van der Waals surface area contributed by atoms with Crippen LogP contribution < -0.4 is 4.57 Å². The predicted molar refractivity (Wildman–Crippen MR) is 207 cm³/mol. The molecule has 1 N–H and O–H groups in total. The molecule has 0 saturated carbocycles. The monoisotopic (exact) mass is 763 g/mol. The second-order valence-corrected chi connectivity index (χ2v) is 16.9. The zero-order chi connectivity index (χ0) is 38.6. The van der Waals surface area contributed by atoms with Gasteiger partial charge in [-0.05, 0) is 99.5 Å². The summed E-state index contributed by atoms with van der Waals surface area (Å²) in [5.74, 6) is 1.06. The minimum atomic E-state index is -4.87. The fraction of sp³-hybridized carbons (Fsp3) is 0.475. The van der Waals surface area contributed by atoms with Crippen molar-refractivity contribution in [1.82, 2.24) is 9.80 Å². The van der Waals surface area contributed by atoms with Crippen LogP contribution >= 0.6 is 11.6 Å². The van der Waals surface area contributed by atoms with E-state index in [-0.39, 0.29) is 23.7 Å². The first-order valence-electron chi connectivity index (χ1n) is 18.2. The van der Waals surface area contributed by atoms with Crippen LogP contribution in [0.4, 0.5) is 5.82 Å². The van der Waals surface area contributed by atoms with Gasteiger partial charge in [0.25, 0.3) is 0 Å². The van der Waals surface area contributed by atoms with E-state index in [9.17, 15) is 22.6 Å². The van der Waals surface area contributed by atoms with E-state index in [0.717, 1.165) is 64.7 Å². The summed E-state index contributed by atoms with van der Waals surface area (Å²) in [5, 5.41) is 8.41. The Hall–Kier alpha value is -3.97. The standard InChI is InChI=1S/C40H50ClN5O6S/c1-39(2)30-14-12-24-45(22-10-6-8-16-34(47)48)37(30)42-32(39)20-18-28-26-44(5)27-29(36(28)41)19-21-33-40(3,4)31-15-13-25-46(38(31)43-33)23-11-7-9-17-35(49)53(50,51)52/h12-15,18-21,24-25H,6-11,16-17,22-23,26-27H2,1-5H3,(H-,47,48,50,51,52). The second kappa shape index (κ2) is 16.6. The van der Waals surface area contributed by atoms with Crippen LogP contribution in [0, 0.1) is 5.41 Å². The highest BCUT2D eigenvalue weighted by Gasteiger charge is 2.42. The molecule has 0 fully saturated rings. The van der Waals surface area contributed by atoms with Crippen LogP contribution in [0.1, 0.15) is 84.6 Å². The molecule has 0 spiro atoms. The number of aryl methyl sites for hydroxylation is 1. The number of fused-ring (bicyclic) bond motifs is 2. The van der Waals surface area contributed by atoms with Crippen molar-refractivity contribution in [3.05, 3.63) is 94.0 Å². The van der Waals surface area contributed by atoms with Crippen LogP contribution in [0.15, 0.2) is 98.4 Å². The summed E-state index contributed by atoms with van der Waals surface area (Å²) in [6, 6.07) is 4.08. The number of carbonyl (C=O) groups excluding carboxylic acids is 1. The van der Waals surface area contributed by atoms with Gasteiger partial charge in [-0.3, -0.25) is 14.5 Å². The molecule has 0 bridgehead atoms. The van der Waals surface area contributed by atoms with E-state index in [2.05, 4.69) is 91.6 Å². The highest BCUT2D eigenvalue weighted by atomic mass is 35.5. The third kappa shape index (κ3) is 9.40. The molecule has 0 saturated heterocycles. The molecule has 53 heavy (non-hydrogen) atoms. The lowest BCUT2D eigenvalue weighted by Gasteiger charge is -2.28. The van der Waals surface area contributed by atoms with E-state index < -0.39 is 21.2 Å². The number of likely N-dealkylation sites (N-methyl/N-ethyl adjacent to an activating group) is 1. The topological polar surface area (TPSA) is 147 Å². The summed E-state index contributed by atoms with van der Waals surface area (Å²) in [4.78, 5) is 36.9. The van der Waals surface area contributed by atoms with Gasteiger partial charge in [0.1, 0.15) is 5.84 Å². The quantitative estimate of drug-likeness (QED) is 0.119. The predicted octanol–water partition coefficient (Wildman–Crippen LogP) is 6.61. The summed E-state index contributed by atoms with van der Waals surface area (Å²) in [6.07, 6.45) is 20.5. The van der Waals surface area contributed by atoms with Crippen LogP contribution in [0.25, 0.3) is 0 Å². The maximum absolute atomic E-state index is 11.4. The Labute approximate surface area is 318 Å². The Kier molecular flexibility index (Phi) is 12.6. The Balaban J connectivity index is 1.30. The average Bonchev–Trinajstić information content (AvgIpc) is 3.51. The molecule has 13 heteroatoms. The van der Waals surface area contributed by atoms with Crippen LogP contribution in [0.3, 0.4) is 0 Å². The Morgan fingerprint density at radius 3 is 2.47 bits per heavy atom. The highest BCUT2D eigenvalue weighted by Crippen LogP contribution is 2.44. The van der Waals surface area contributed by atoms with E-state index in [1.165, 1.54) is 0 Å². The maximum atomic E-state index is 11.4. The number of allylic oxidation sites excluding steroid dienone is 6. The zero-order valence-corrected chi connectivity index (χ0v) is 32.8. The van der Waals surface area contributed by atoms with Crippen LogP contribution in [-0.2, 0) is 31.7 Å². The van der Waals surface area contributed by atoms with Gasteiger partial charge in [-0.1, -0.05) is 50.1 Å². The van der Waals surface area contributed by atoms with Gasteiger partial charge in [0, 0.05) is 54.7 Å². The van der Waals surface area contributed by atoms with E-state index >= 15 is 0 Å². The minimum Gasteiger partial charge on any atom is -0.742 e. The third-order valence-corrected chi connectivity index (χ3v) is 11.6. The number of carboxylic acid groups (broad SMARTS) is 1. The van der Waals surface area contributed by atoms with Crippen molar-refractivity contribution in [2.75, 3.05) is 26.7 Å². The van der Waals surface area contributed by atoms with Crippen LogP contribution in [-0.4, -0.2) is 77.2 Å². The molecule has 0 atom stereocenters. The van der Waals surface area contributed by atoms with Gasteiger partial charge in [0.05, 0.1) is 29.4 Å². The van der Waals surface area contributed by atoms with E-state index in [4.69, 9.17) is 26.7 Å². The number of carbonyl (C=O) groups is 2. The largest absolute Gasteiger partial charge is 0.742 e. The van der Waals surface area contributed by atoms with Gasteiger partial charge in [0.2, 0.25) is 5.12 Å². The number of nitrogens with zero attached hydrogens (tertiary/aromatic N) is 5. The summed E-state index contributed by atoms with van der Waals surface area (Å²) < 4.78 is 34.7. The Bertz CT molecular complexity index is 2000. The molecule has 0 aromatic carbocycles. The maximum Gasteiger partial charge on any atom is 0.327 e. The number of aliphatic imine (C=N–C) groups is 2. The lowest BCUT2D eigenvalue weighted by molar-refractivity contribution is -0.684. The van der Waals surface area contributed by atoms with E-state index in [1.807, 2.05) is 18.5 Å². The van der Waals surface area contributed by atoms with E-state index in [1.54, 1.807) is 0 Å². The summed E-state index contributed by atoms with van der Waals surface area (Å²) in [5.41, 5.74) is 5.49.